The van der Waals surface area contributed by atoms with Gasteiger partial charge in [-0.25, -0.2) is 0 Å². The van der Waals surface area contributed by atoms with E-state index in [1.165, 1.54) is 0 Å². The van der Waals surface area contributed by atoms with Crippen LogP contribution in [-0.4, -0.2) is 5.78 Å². The van der Waals surface area contributed by atoms with E-state index >= 15 is 0 Å². The molecule has 0 aromatic heterocycles. The summed E-state index contributed by atoms with van der Waals surface area (Å²) < 4.78 is 0. The molecule has 96 valence electrons. The van der Waals surface area contributed by atoms with Crippen LogP contribution >= 0.6 is 0 Å². The first-order chi connectivity index (χ1) is 7.64. The van der Waals surface area contributed by atoms with Gasteiger partial charge >= 0.3 is 0 Å². The molecule has 0 saturated heterocycles. The quantitative estimate of drug-likeness (QED) is 0.613. The summed E-state index contributed by atoms with van der Waals surface area (Å²) in [5.74, 6) is 1.60. The Bertz CT molecular complexity index is 369. The van der Waals surface area contributed by atoms with E-state index in [4.69, 9.17) is 0 Å². The summed E-state index contributed by atoms with van der Waals surface area (Å²) in [7, 11) is 0. The third-order valence-corrected chi connectivity index (χ3v) is 5.28. The van der Waals surface area contributed by atoms with Crippen molar-refractivity contribution in [1.82, 2.24) is 0 Å². The molecule has 0 aromatic carbocycles. The molecule has 3 atom stereocenters. The largest absolute Gasteiger partial charge is 0.295 e. The van der Waals surface area contributed by atoms with Gasteiger partial charge in [0.1, 0.15) is 0 Å². The van der Waals surface area contributed by atoms with Crippen LogP contribution in [0.3, 0.4) is 0 Å². The highest BCUT2D eigenvalue weighted by atomic mass is 16.1. The lowest BCUT2D eigenvalue weighted by atomic mass is 9.78. The van der Waals surface area contributed by atoms with Gasteiger partial charge < -0.3 is 0 Å². The molecule has 1 nitrogen and oxygen atoms in total. The van der Waals surface area contributed by atoms with E-state index in [1.807, 2.05) is 6.08 Å². The maximum absolute atomic E-state index is 11.6. The second kappa shape index (κ2) is 3.46. The third kappa shape index (κ3) is 1.62. The van der Waals surface area contributed by atoms with Gasteiger partial charge in [-0.2, -0.15) is 0 Å². The fourth-order valence-electron chi connectivity index (χ4n) is 4.94. The highest BCUT2D eigenvalue weighted by molar-refractivity contribution is 5.90. The molecule has 1 fully saturated rings. The van der Waals surface area contributed by atoms with E-state index in [1.54, 1.807) is 0 Å². The Kier molecular flexibility index (Phi) is 2.62. The van der Waals surface area contributed by atoms with Crippen LogP contribution in [0.15, 0.2) is 12.2 Å². The van der Waals surface area contributed by atoms with Crippen molar-refractivity contribution in [1.29, 1.82) is 0 Å². The number of hydrogen-bond donors (Lipinski definition) is 0. The first-order valence-corrected chi connectivity index (χ1v) is 6.86. The smallest absolute Gasteiger partial charge is 0.155 e. The molecule has 0 bridgehead atoms. The van der Waals surface area contributed by atoms with E-state index in [0.29, 0.717) is 28.4 Å². The minimum Gasteiger partial charge on any atom is -0.295 e. The molecule has 0 amide bonds. The summed E-state index contributed by atoms with van der Waals surface area (Å²) in [6.45, 7) is 14.1. The Balaban J connectivity index is 2.42. The van der Waals surface area contributed by atoms with Crippen LogP contribution in [0.4, 0.5) is 0 Å². The van der Waals surface area contributed by atoms with Crippen LogP contribution in [-0.2, 0) is 4.79 Å². The molecule has 2 rings (SSSR count). The fraction of sp³-hybridized carbons (Fsp3) is 0.812. The number of allylic oxidation sites excluding steroid dienone is 2. The van der Waals surface area contributed by atoms with Crippen LogP contribution in [0.1, 0.15) is 54.4 Å². The maximum Gasteiger partial charge on any atom is 0.155 e. The zero-order valence-electron chi connectivity index (χ0n) is 12.1. The molecule has 0 N–H and O–H groups in total. The van der Waals surface area contributed by atoms with E-state index in [-0.39, 0.29) is 5.41 Å². The van der Waals surface area contributed by atoms with Crippen LogP contribution in [0.25, 0.3) is 0 Å². The Hall–Kier alpha value is -0.590. The zero-order chi connectivity index (χ0) is 13.1. The molecular weight excluding hydrogens is 208 g/mol. The average molecular weight is 234 g/mol. The molecule has 1 spiro atoms. The predicted molar refractivity (Wildman–Crippen MR) is 71.7 cm³/mol. The molecule has 0 aliphatic heterocycles. The Labute approximate surface area is 106 Å². The van der Waals surface area contributed by atoms with Gasteiger partial charge in [0.25, 0.3) is 0 Å². The van der Waals surface area contributed by atoms with Crippen molar-refractivity contribution in [3.05, 3.63) is 12.2 Å². The zero-order valence-corrected chi connectivity index (χ0v) is 12.1. The van der Waals surface area contributed by atoms with Crippen LogP contribution in [0.2, 0.25) is 0 Å². The second-order valence-electron chi connectivity index (χ2n) is 7.69. The van der Waals surface area contributed by atoms with Crippen molar-refractivity contribution in [2.75, 3.05) is 0 Å². The Morgan fingerprint density at radius 2 is 1.88 bits per heavy atom. The van der Waals surface area contributed by atoms with E-state index < -0.39 is 0 Å². The van der Waals surface area contributed by atoms with Crippen molar-refractivity contribution in [2.45, 2.75) is 54.4 Å². The summed E-state index contributed by atoms with van der Waals surface area (Å²) in [4.78, 5) is 11.6. The van der Waals surface area contributed by atoms with Crippen LogP contribution in [0.5, 0.6) is 0 Å². The molecule has 3 unspecified atom stereocenters. The van der Waals surface area contributed by atoms with Gasteiger partial charge in [0.15, 0.2) is 5.78 Å². The van der Waals surface area contributed by atoms with Gasteiger partial charge in [-0.15, -0.1) is 0 Å². The number of carbonyl (C=O) groups is 1. The molecule has 2 aliphatic rings. The number of hydrogen-bond acceptors (Lipinski definition) is 1. The summed E-state index contributed by atoms with van der Waals surface area (Å²) in [6.07, 6.45) is 5.88. The lowest BCUT2D eigenvalue weighted by Gasteiger charge is -2.26. The van der Waals surface area contributed by atoms with Gasteiger partial charge in [-0.1, -0.05) is 47.6 Å². The van der Waals surface area contributed by atoms with Gasteiger partial charge in [0, 0.05) is 11.8 Å². The third-order valence-electron chi connectivity index (χ3n) is 5.28. The molecule has 1 saturated carbocycles. The van der Waals surface area contributed by atoms with Crippen molar-refractivity contribution in [2.24, 2.45) is 28.1 Å². The minimum atomic E-state index is 0.247. The standard InChI is InChI=1S/C16H26O/c1-11-7-8-12(17)9-10-16(11)13(14(2,3)4)15(16,5)6/h9-11,13H,7-8H2,1-6H3. The summed E-state index contributed by atoms with van der Waals surface area (Å²) >= 11 is 0. The minimum absolute atomic E-state index is 0.247. The highest BCUT2D eigenvalue weighted by Crippen LogP contribution is 2.78. The summed E-state index contributed by atoms with van der Waals surface area (Å²) in [6, 6.07) is 0. The Morgan fingerprint density at radius 3 is 2.35 bits per heavy atom. The SMILES string of the molecule is CC1CCC(=O)C=CC12C(C(C)(C)C)C2(C)C. The monoisotopic (exact) mass is 234 g/mol. The first-order valence-electron chi connectivity index (χ1n) is 6.86. The first kappa shape index (κ1) is 12.9. The molecule has 0 radical (unpaired) electrons. The molecule has 17 heavy (non-hydrogen) atoms. The number of carbonyl (C=O) groups excluding carboxylic acids is 1. The highest BCUT2D eigenvalue weighted by Gasteiger charge is 2.74. The lowest BCUT2D eigenvalue weighted by molar-refractivity contribution is -0.114. The fourth-order valence-corrected chi connectivity index (χ4v) is 4.94. The number of ketones is 1. The van der Waals surface area contributed by atoms with E-state index in [0.717, 1.165) is 12.8 Å². The van der Waals surface area contributed by atoms with Crippen molar-refractivity contribution < 1.29 is 4.79 Å². The summed E-state index contributed by atoms with van der Waals surface area (Å²) in [5.41, 5.74) is 0.888. The van der Waals surface area contributed by atoms with Gasteiger partial charge in [0.05, 0.1) is 0 Å². The van der Waals surface area contributed by atoms with Crippen LogP contribution < -0.4 is 0 Å². The van der Waals surface area contributed by atoms with Gasteiger partial charge in [0.2, 0.25) is 0 Å². The normalized spacial score (nSPS) is 40.5. The summed E-state index contributed by atoms with van der Waals surface area (Å²) in [5, 5.41) is 0. The van der Waals surface area contributed by atoms with Gasteiger partial charge in [-0.05, 0) is 35.2 Å². The molecular formula is C16H26O. The molecule has 0 heterocycles. The van der Waals surface area contributed by atoms with Crippen molar-refractivity contribution in [3.63, 3.8) is 0 Å². The number of rotatable bonds is 0. The predicted octanol–water partition coefficient (Wildman–Crippen LogP) is 4.23. The van der Waals surface area contributed by atoms with Crippen molar-refractivity contribution >= 4 is 5.78 Å². The second-order valence-corrected chi connectivity index (χ2v) is 7.69. The lowest BCUT2D eigenvalue weighted by Crippen LogP contribution is -2.20. The molecule has 1 heteroatoms. The van der Waals surface area contributed by atoms with Crippen molar-refractivity contribution in [3.8, 4) is 0 Å². The van der Waals surface area contributed by atoms with Gasteiger partial charge in [-0.3, -0.25) is 4.79 Å². The molecule has 0 aromatic rings. The molecule has 2 aliphatic carbocycles. The van der Waals surface area contributed by atoms with Crippen LogP contribution in [0, 0.1) is 28.1 Å². The Morgan fingerprint density at radius 1 is 1.29 bits per heavy atom. The van der Waals surface area contributed by atoms with E-state index in [9.17, 15) is 4.79 Å². The van der Waals surface area contributed by atoms with E-state index in [2.05, 4.69) is 47.6 Å². The topological polar surface area (TPSA) is 17.1 Å². The maximum atomic E-state index is 11.6. The average Bonchev–Trinajstić information content (AvgIpc) is 2.72.